The molecule has 1 aliphatic heterocycles. The van der Waals surface area contributed by atoms with Crippen molar-refractivity contribution in [3.05, 3.63) is 59.7 Å². The van der Waals surface area contributed by atoms with E-state index in [9.17, 15) is 19.5 Å². The van der Waals surface area contributed by atoms with Crippen molar-refractivity contribution in [2.24, 2.45) is 11.3 Å². The fourth-order valence-corrected chi connectivity index (χ4v) is 5.02. The lowest BCUT2D eigenvalue weighted by atomic mass is 9.86. The number of alkyl carbamates (subject to hydrolysis) is 1. The molecule has 1 fully saturated rings. The number of carbonyl (C=O) groups excluding carboxylic acids is 2. The van der Waals surface area contributed by atoms with Gasteiger partial charge < -0.3 is 20.1 Å². The molecule has 0 spiro atoms. The first kappa shape index (κ1) is 23.8. The van der Waals surface area contributed by atoms with Crippen LogP contribution in [0.1, 0.15) is 50.2 Å². The molecule has 0 saturated carbocycles. The van der Waals surface area contributed by atoms with Gasteiger partial charge in [-0.3, -0.25) is 9.59 Å². The highest BCUT2D eigenvalue weighted by atomic mass is 16.5. The number of carboxylic acids is 1. The third-order valence-corrected chi connectivity index (χ3v) is 7.00. The Hall–Kier alpha value is -3.35. The summed E-state index contributed by atoms with van der Waals surface area (Å²) in [5, 5.41) is 12.1. The van der Waals surface area contributed by atoms with Crippen molar-refractivity contribution in [2.45, 2.75) is 39.0 Å². The van der Waals surface area contributed by atoms with E-state index >= 15 is 0 Å². The number of piperidine rings is 1. The second kappa shape index (κ2) is 9.87. The number of nitrogens with one attached hydrogen (secondary N) is 1. The van der Waals surface area contributed by atoms with Gasteiger partial charge in [-0.05, 0) is 41.5 Å². The highest BCUT2D eigenvalue weighted by molar-refractivity contribution is 5.83. The largest absolute Gasteiger partial charge is 0.481 e. The van der Waals surface area contributed by atoms with E-state index in [2.05, 4.69) is 29.6 Å². The summed E-state index contributed by atoms with van der Waals surface area (Å²) in [5.41, 5.74) is 3.95. The van der Waals surface area contributed by atoms with E-state index in [0.717, 1.165) is 11.1 Å². The smallest absolute Gasteiger partial charge is 0.407 e. The summed E-state index contributed by atoms with van der Waals surface area (Å²) in [6, 6.07) is 16.4. The van der Waals surface area contributed by atoms with Crippen LogP contribution < -0.4 is 5.32 Å². The molecule has 2 aromatic rings. The molecule has 1 unspecified atom stereocenters. The number of hydrogen-bond acceptors (Lipinski definition) is 4. The van der Waals surface area contributed by atoms with Crippen LogP contribution >= 0.6 is 0 Å². The SMILES string of the molecule is CC(C)(CCNC(=O)OCC1c2ccccc2-c2ccccc21)C(=O)N1CCCC(C(=O)O)C1. The fraction of sp³-hybridized carbons (Fsp3) is 0.444. The number of likely N-dealkylation sites (tertiary alicyclic amines) is 1. The summed E-state index contributed by atoms with van der Waals surface area (Å²) < 4.78 is 5.56. The maximum atomic E-state index is 13.0. The van der Waals surface area contributed by atoms with Gasteiger partial charge in [0.05, 0.1) is 5.92 Å². The summed E-state index contributed by atoms with van der Waals surface area (Å²) in [6.45, 7) is 5.03. The minimum Gasteiger partial charge on any atom is -0.481 e. The number of carboxylic acid groups (broad SMARTS) is 1. The van der Waals surface area contributed by atoms with Crippen LogP contribution in [-0.2, 0) is 14.3 Å². The standard InChI is InChI=1S/C27H32N2O5/c1-27(2,25(32)29-15-7-8-18(16-29)24(30)31)13-14-28-26(33)34-17-23-21-11-5-3-9-19(21)20-10-4-6-12-22(20)23/h3-6,9-12,18,23H,7-8,13-17H2,1-2H3,(H,28,33)(H,30,31). The monoisotopic (exact) mass is 464 g/mol. The first-order valence-corrected chi connectivity index (χ1v) is 11.9. The molecule has 180 valence electrons. The quantitative estimate of drug-likeness (QED) is 0.638. The molecule has 1 aliphatic carbocycles. The van der Waals surface area contributed by atoms with Gasteiger partial charge in [-0.2, -0.15) is 0 Å². The number of carbonyl (C=O) groups is 3. The molecule has 2 amide bonds. The van der Waals surface area contributed by atoms with Gasteiger partial charge >= 0.3 is 12.1 Å². The highest BCUT2D eigenvalue weighted by Crippen LogP contribution is 2.44. The summed E-state index contributed by atoms with van der Waals surface area (Å²) in [7, 11) is 0. The third kappa shape index (κ3) is 4.93. The maximum Gasteiger partial charge on any atom is 0.407 e. The first-order valence-electron chi connectivity index (χ1n) is 11.9. The minimum atomic E-state index is -0.854. The molecular formula is C27H32N2O5. The van der Waals surface area contributed by atoms with Gasteiger partial charge in [0.15, 0.2) is 0 Å². The van der Waals surface area contributed by atoms with Crippen LogP contribution in [0.5, 0.6) is 0 Å². The first-order chi connectivity index (χ1) is 16.3. The van der Waals surface area contributed by atoms with Crippen LogP contribution in [-0.4, -0.2) is 54.2 Å². The lowest BCUT2D eigenvalue weighted by Gasteiger charge is -2.36. The van der Waals surface area contributed by atoms with Crippen molar-refractivity contribution < 1.29 is 24.2 Å². The molecule has 34 heavy (non-hydrogen) atoms. The number of ether oxygens (including phenoxy) is 1. The Morgan fingerprint density at radius 3 is 2.29 bits per heavy atom. The van der Waals surface area contributed by atoms with E-state index in [1.165, 1.54) is 11.1 Å². The molecule has 2 aliphatic rings. The number of hydrogen-bond donors (Lipinski definition) is 2. The van der Waals surface area contributed by atoms with Crippen LogP contribution in [0.3, 0.4) is 0 Å². The number of rotatable bonds is 7. The minimum absolute atomic E-state index is 0.00236. The lowest BCUT2D eigenvalue weighted by Crippen LogP contribution is -2.48. The van der Waals surface area contributed by atoms with Gasteiger partial charge in [0, 0.05) is 31.0 Å². The zero-order valence-corrected chi connectivity index (χ0v) is 19.8. The van der Waals surface area contributed by atoms with Gasteiger partial charge in [-0.15, -0.1) is 0 Å². The number of benzene rings is 2. The molecule has 7 heteroatoms. The molecule has 0 bridgehead atoms. The Balaban J connectivity index is 1.28. The number of aliphatic carboxylic acids is 1. The van der Waals surface area contributed by atoms with E-state index in [0.29, 0.717) is 32.4 Å². The van der Waals surface area contributed by atoms with E-state index in [1.807, 2.05) is 38.1 Å². The molecular weight excluding hydrogens is 432 g/mol. The topological polar surface area (TPSA) is 95.9 Å². The molecule has 2 N–H and O–H groups in total. The van der Waals surface area contributed by atoms with Gasteiger partial charge in [-0.1, -0.05) is 62.4 Å². The Kier molecular flexibility index (Phi) is 6.91. The normalized spacial score (nSPS) is 17.6. The van der Waals surface area contributed by atoms with E-state index in [1.54, 1.807) is 4.90 Å². The Morgan fingerprint density at radius 1 is 1.06 bits per heavy atom. The van der Waals surface area contributed by atoms with Crippen LogP contribution in [0.2, 0.25) is 0 Å². The average Bonchev–Trinajstić information content (AvgIpc) is 3.16. The van der Waals surface area contributed by atoms with Crippen molar-refractivity contribution in [1.82, 2.24) is 10.2 Å². The molecule has 0 radical (unpaired) electrons. The number of amides is 2. The van der Waals surface area contributed by atoms with E-state index in [4.69, 9.17) is 4.74 Å². The molecule has 0 aromatic heterocycles. The molecule has 1 atom stereocenters. The van der Waals surface area contributed by atoms with Gasteiger partial charge in [-0.25, -0.2) is 4.79 Å². The van der Waals surface area contributed by atoms with Crippen LogP contribution in [0, 0.1) is 11.3 Å². The zero-order valence-electron chi connectivity index (χ0n) is 19.8. The van der Waals surface area contributed by atoms with Crippen molar-refractivity contribution >= 4 is 18.0 Å². The van der Waals surface area contributed by atoms with E-state index in [-0.39, 0.29) is 25.0 Å². The second-order valence-electron chi connectivity index (χ2n) is 9.81. The van der Waals surface area contributed by atoms with E-state index < -0.39 is 23.4 Å². The zero-order chi connectivity index (χ0) is 24.3. The van der Waals surface area contributed by atoms with Gasteiger partial charge in [0.2, 0.25) is 5.91 Å². The Labute approximate surface area is 200 Å². The predicted molar refractivity (Wildman–Crippen MR) is 128 cm³/mol. The van der Waals surface area contributed by atoms with Gasteiger partial charge in [0.1, 0.15) is 6.61 Å². The second-order valence-corrected chi connectivity index (χ2v) is 9.81. The van der Waals surface area contributed by atoms with Crippen LogP contribution in [0.15, 0.2) is 48.5 Å². The maximum absolute atomic E-state index is 13.0. The molecule has 7 nitrogen and oxygen atoms in total. The average molecular weight is 465 g/mol. The van der Waals surface area contributed by atoms with Crippen molar-refractivity contribution in [3.8, 4) is 11.1 Å². The predicted octanol–water partition coefficient (Wildman–Crippen LogP) is 4.26. The summed E-state index contributed by atoms with van der Waals surface area (Å²) in [4.78, 5) is 38.4. The summed E-state index contributed by atoms with van der Waals surface area (Å²) in [6.07, 6.45) is 1.22. The Morgan fingerprint density at radius 2 is 1.68 bits per heavy atom. The molecule has 2 aromatic carbocycles. The van der Waals surface area contributed by atoms with Gasteiger partial charge in [0.25, 0.3) is 0 Å². The lowest BCUT2D eigenvalue weighted by molar-refractivity contribution is -0.149. The van der Waals surface area contributed by atoms with Crippen LogP contribution in [0.25, 0.3) is 11.1 Å². The number of fused-ring (bicyclic) bond motifs is 3. The molecule has 1 saturated heterocycles. The third-order valence-electron chi connectivity index (χ3n) is 7.00. The van der Waals surface area contributed by atoms with Crippen LogP contribution in [0.4, 0.5) is 4.79 Å². The van der Waals surface area contributed by atoms with Crippen molar-refractivity contribution in [3.63, 3.8) is 0 Å². The number of nitrogens with zero attached hydrogens (tertiary/aromatic N) is 1. The van der Waals surface area contributed by atoms with Crippen molar-refractivity contribution in [1.29, 1.82) is 0 Å². The summed E-state index contributed by atoms with van der Waals surface area (Å²) >= 11 is 0. The van der Waals surface area contributed by atoms with Crippen molar-refractivity contribution in [2.75, 3.05) is 26.2 Å². The Bertz CT molecular complexity index is 1030. The summed E-state index contributed by atoms with van der Waals surface area (Å²) in [5.74, 6) is -1.44. The highest BCUT2D eigenvalue weighted by Gasteiger charge is 2.36. The molecule has 4 rings (SSSR count). The fourth-order valence-electron chi connectivity index (χ4n) is 5.02. The molecule has 1 heterocycles.